The number of imidazole rings is 1. The lowest BCUT2D eigenvalue weighted by molar-refractivity contribution is 0.331. The Morgan fingerprint density at radius 1 is 0.889 bits per heavy atom. The molecule has 1 aliphatic rings. The summed E-state index contributed by atoms with van der Waals surface area (Å²) in [4.78, 5) is 28.7. The third-order valence-electron chi connectivity index (χ3n) is 6.71. The SMILES string of the molecule is c1ccc(-c2cncc3[nH]c(-c4n[nH]c5ncc(-c6cncc(CN7CCCC7)c6)cc45)nc23)nc1. The van der Waals surface area contributed by atoms with Crippen LogP contribution in [0.4, 0.5) is 0 Å². The Morgan fingerprint density at radius 2 is 1.78 bits per heavy atom. The maximum atomic E-state index is 4.89. The van der Waals surface area contributed by atoms with E-state index >= 15 is 0 Å². The number of H-pyrrole nitrogens is 2. The summed E-state index contributed by atoms with van der Waals surface area (Å²) < 4.78 is 0. The van der Waals surface area contributed by atoms with Crippen LogP contribution >= 0.6 is 0 Å². The van der Waals surface area contributed by atoms with Crippen LogP contribution in [0.3, 0.4) is 0 Å². The van der Waals surface area contributed by atoms with E-state index in [0.29, 0.717) is 17.2 Å². The Balaban J connectivity index is 1.28. The highest BCUT2D eigenvalue weighted by Crippen LogP contribution is 2.31. The number of nitrogens with zero attached hydrogens (tertiary/aromatic N) is 7. The molecule has 7 rings (SSSR count). The van der Waals surface area contributed by atoms with Gasteiger partial charge in [0.2, 0.25) is 0 Å². The zero-order valence-electron chi connectivity index (χ0n) is 19.5. The van der Waals surface area contributed by atoms with Crippen LogP contribution in [0.2, 0.25) is 0 Å². The number of nitrogens with one attached hydrogen (secondary N) is 2. The molecule has 2 N–H and O–H groups in total. The van der Waals surface area contributed by atoms with Crippen molar-refractivity contribution in [1.29, 1.82) is 0 Å². The Kier molecular flexibility index (Phi) is 4.99. The van der Waals surface area contributed by atoms with Gasteiger partial charge in [-0.05, 0) is 55.8 Å². The molecule has 1 fully saturated rings. The monoisotopic (exact) mass is 473 g/mol. The molecule has 176 valence electrons. The predicted octanol–water partition coefficient (Wildman–Crippen LogP) is 4.62. The van der Waals surface area contributed by atoms with Crippen LogP contribution in [0.5, 0.6) is 0 Å². The standard InChI is InChI=1S/C27H23N9/c1-2-6-30-22(5-1)21-14-29-15-23-24(21)33-27(32-23)25-20-10-19(13-31-26(20)35-34-25)18-9-17(11-28-12-18)16-36-7-3-4-8-36/h1-2,5-6,9-15H,3-4,7-8,16H2,(H,32,33)(H,31,34,35). The summed E-state index contributed by atoms with van der Waals surface area (Å²) in [5.41, 5.74) is 7.99. The number of aromatic nitrogens is 8. The molecule has 0 saturated carbocycles. The second-order valence-electron chi connectivity index (χ2n) is 9.14. The fourth-order valence-electron chi connectivity index (χ4n) is 4.93. The van der Waals surface area contributed by atoms with E-state index in [1.807, 2.05) is 36.8 Å². The van der Waals surface area contributed by atoms with Gasteiger partial charge in [0.1, 0.15) is 11.2 Å². The third-order valence-corrected chi connectivity index (χ3v) is 6.71. The van der Waals surface area contributed by atoms with Crippen molar-refractivity contribution in [3.05, 3.63) is 73.1 Å². The molecule has 6 aromatic heterocycles. The molecule has 0 bridgehead atoms. The van der Waals surface area contributed by atoms with Crippen LogP contribution in [-0.4, -0.2) is 58.1 Å². The summed E-state index contributed by atoms with van der Waals surface area (Å²) in [6, 6.07) is 10.1. The first-order chi connectivity index (χ1) is 17.8. The van der Waals surface area contributed by atoms with Gasteiger partial charge in [-0.15, -0.1) is 0 Å². The van der Waals surface area contributed by atoms with Gasteiger partial charge in [-0.2, -0.15) is 5.10 Å². The molecule has 0 atom stereocenters. The molecule has 7 heterocycles. The molecule has 1 saturated heterocycles. The first-order valence-corrected chi connectivity index (χ1v) is 12.1. The number of fused-ring (bicyclic) bond motifs is 2. The van der Waals surface area contributed by atoms with E-state index in [0.717, 1.165) is 58.4 Å². The summed E-state index contributed by atoms with van der Waals surface area (Å²) in [6.45, 7) is 3.25. The van der Waals surface area contributed by atoms with Crippen molar-refractivity contribution in [2.24, 2.45) is 0 Å². The number of likely N-dealkylation sites (tertiary alicyclic amines) is 1. The fraction of sp³-hybridized carbons (Fsp3) is 0.185. The lowest BCUT2D eigenvalue weighted by Gasteiger charge is -2.14. The second-order valence-corrected chi connectivity index (χ2v) is 9.14. The van der Waals surface area contributed by atoms with E-state index in [-0.39, 0.29) is 0 Å². The van der Waals surface area contributed by atoms with Crippen LogP contribution in [0, 0.1) is 0 Å². The molecule has 0 spiro atoms. The molecule has 0 aliphatic carbocycles. The normalized spacial score (nSPS) is 14.2. The number of hydrogen-bond donors (Lipinski definition) is 2. The molecule has 9 nitrogen and oxygen atoms in total. The molecule has 0 radical (unpaired) electrons. The van der Waals surface area contributed by atoms with E-state index in [2.05, 4.69) is 52.1 Å². The smallest absolute Gasteiger partial charge is 0.159 e. The Labute approximate surface area is 206 Å². The average molecular weight is 474 g/mol. The quantitative estimate of drug-likeness (QED) is 0.376. The third kappa shape index (κ3) is 3.70. The molecule has 0 unspecified atom stereocenters. The number of aromatic amines is 2. The minimum Gasteiger partial charge on any atom is -0.335 e. The van der Waals surface area contributed by atoms with Crippen LogP contribution in [0.25, 0.3) is 56.0 Å². The zero-order valence-corrected chi connectivity index (χ0v) is 19.5. The minimum atomic E-state index is 0.654. The van der Waals surface area contributed by atoms with Crippen molar-refractivity contribution < 1.29 is 0 Å². The largest absolute Gasteiger partial charge is 0.335 e. The number of pyridine rings is 4. The van der Waals surface area contributed by atoms with Gasteiger partial charge >= 0.3 is 0 Å². The van der Waals surface area contributed by atoms with Crippen molar-refractivity contribution in [2.75, 3.05) is 13.1 Å². The summed E-state index contributed by atoms with van der Waals surface area (Å²) in [5, 5.41) is 8.48. The maximum Gasteiger partial charge on any atom is 0.159 e. The van der Waals surface area contributed by atoms with Crippen molar-refractivity contribution >= 4 is 22.1 Å². The van der Waals surface area contributed by atoms with Crippen molar-refractivity contribution in [1.82, 2.24) is 45.0 Å². The molecule has 36 heavy (non-hydrogen) atoms. The number of rotatable bonds is 5. The fourth-order valence-corrected chi connectivity index (χ4v) is 4.93. The Bertz CT molecular complexity index is 1680. The van der Waals surface area contributed by atoms with Gasteiger partial charge < -0.3 is 4.98 Å². The maximum absolute atomic E-state index is 4.89. The summed E-state index contributed by atoms with van der Waals surface area (Å²) in [7, 11) is 0. The topological polar surface area (TPSA) is 112 Å². The lowest BCUT2D eigenvalue weighted by atomic mass is 10.1. The van der Waals surface area contributed by atoms with Crippen molar-refractivity contribution in [2.45, 2.75) is 19.4 Å². The average Bonchev–Trinajstić information content (AvgIpc) is 3.68. The minimum absolute atomic E-state index is 0.654. The first kappa shape index (κ1) is 20.8. The van der Waals surface area contributed by atoms with E-state index in [1.165, 1.54) is 18.4 Å². The van der Waals surface area contributed by atoms with E-state index in [4.69, 9.17) is 4.98 Å². The Morgan fingerprint density at radius 3 is 2.67 bits per heavy atom. The second kappa shape index (κ2) is 8.62. The molecule has 6 aromatic rings. The van der Waals surface area contributed by atoms with Crippen molar-refractivity contribution in [3.63, 3.8) is 0 Å². The summed E-state index contributed by atoms with van der Waals surface area (Å²) in [6.07, 6.45) is 13.6. The molecule has 0 aromatic carbocycles. The van der Waals surface area contributed by atoms with Crippen LogP contribution < -0.4 is 0 Å². The van der Waals surface area contributed by atoms with Gasteiger partial charge in [0, 0.05) is 54.2 Å². The lowest BCUT2D eigenvalue weighted by Crippen LogP contribution is -2.18. The van der Waals surface area contributed by atoms with Crippen LogP contribution in [0.15, 0.2) is 67.5 Å². The van der Waals surface area contributed by atoms with Gasteiger partial charge in [-0.25, -0.2) is 9.97 Å². The highest BCUT2D eigenvalue weighted by atomic mass is 15.2. The highest BCUT2D eigenvalue weighted by molar-refractivity contribution is 5.96. The summed E-state index contributed by atoms with van der Waals surface area (Å²) in [5.74, 6) is 0.654. The number of hydrogen-bond acceptors (Lipinski definition) is 7. The molecular formula is C27H23N9. The van der Waals surface area contributed by atoms with E-state index in [1.54, 1.807) is 18.6 Å². The van der Waals surface area contributed by atoms with Crippen LogP contribution in [-0.2, 0) is 6.54 Å². The molecule has 1 aliphatic heterocycles. The van der Waals surface area contributed by atoms with Gasteiger partial charge in [-0.3, -0.25) is 25.0 Å². The summed E-state index contributed by atoms with van der Waals surface area (Å²) >= 11 is 0. The van der Waals surface area contributed by atoms with Gasteiger partial charge in [0.25, 0.3) is 0 Å². The van der Waals surface area contributed by atoms with E-state index in [9.17, 15) is 0 Å². The van der Waals surface area contributed by atoms with Gasteiger partial charge in [0.05, 0.1) is 22.8 Å². The van der Waals surface area contributed by atoms with Gasteiger partial charge in [-0.1, -0.05) is 6.07 Å². The predicted molar refractivity (Wildman–Crippen MR) is 138 cm³/mol. The van der Waals surface area contributed by atoms with Gasteiger partial charge in [0.15, 0.2) is 11.5 Å². The first-order valence-electron chi connectivity index (χ1n) is 12.1. The highest BCUT2D eigenvalue weighted by Gasteiger charge is 2.17. The zero-order chi connectivity index (χ0) is 23.9. The molecule has 0 amide bonds. The Hall–Kier alpha value is -4.50. The van der Waals surface area contributed by atoms with E-state index < -0.39 is 0 Å². The molecular weight excluding hydrogens is 450 g/mol. The van der Waals surface area contributed by atoms with Crippen LogP contribution in [0.1, 0.15) is 18.4 Å². The van der Waals surface area contributed by atoms with Crippen molar-refractivity contribution in [3.8, 4) is 33.9 Å². The molecule has 9 heteroatoms.